The maximum Gasteiger partial charge on any atom is 0.316 e. The molecule has 0 aliphatic carbocycles. The van der Waals surface area contributed by atoms with E-state index in [1.807, 2.05) is 18.2 Å². The van der Waals surface area contributed by atoms with Crippen molar-refractivity contribution in [1.29, 1.82) is 0 Å². The first-order valence-corrected chi connectivity index (χ1v) is 5.82. The molecule has 1 aromatic rings. The number of urea groups is 1. The molecule has 4 heteroatoms. The molecule has 0 saturated carbocycles. The van der Waals surface area contributed by atoms with Gasteiger partial charge in [0.2, 0.25) is 0 Å². The van der Waals surface area contributed by atoms with Gasteiger partial charge in [0.1, 0.15) is 0 Å². The summed E-state index contributed by atoms with van der Waals surface area (Å²) in [4.78, 5) is 15.0. The normalized spacial score (nSPS) is 9.82. The predicted octanol–water partition coefficient (Wildman–Crippen LogP) is 1.78. The Kier molecular flexibility index (Phi) is 5.33. The summed E-state index contributed by atoms with van der Waals surface area (Å²) in [5.74, 6) is 0. The van der Waals surface area contributed by atoms with Crippen molar-refractivity contribution < 1.29 is 4.79 Å². The molecule has 0 aliphatic rings. The largest absolute Gasteiger partial charge is 0.375 e. The van der Waals surface area contributed by atoms with E-state index >= 15 is 0 Å². The molecule has 1 aromatic carbocycles. The van der Waals surface area contributed by atoms with Crippen LogP contribution in [0.1, 0.15) is 6.42 Å². The monoisotopic (exact) mass is 235 g/mol. The Morgan fingerprint density at radius 3 is 2.41 bits per heavy atom. The number of benzene rings is 1. The van der Waals surface area contributed by atoms with Gasteiger partial charge in [-0.3, -0.25) is 0 Å². The fourth-order valence-corrected chi connectivity index (χ4v) is 1.48. The Bertz CT molecular complexity index is 338. The Morgan fingerprint density at radius 2 is 1.82 bits per heavy atom. The Morgan fingerprint density at radius 1 is 1.18 bits per heavy atom. The number of anilines is 1. The number of hydrogen-bond acceptors (Lipinski definition) is 2. The lowest BCUT2D eigenvalue weighted by molar-refractivity contribution is 0.217. The molecular weight excluding hydrogens is 214 g/mol. The first-order chi connectivity index (χ1) is 8.11. The highest BCUT2D eigenvalue weighted by molar-refractivity contribution is 5.73. The molecule has 17 heavy (non-hydrogen) atoms. The molecule has 0 bridgehead atoms. The van der Waals surface area contributed by atoms with Crippen molar-refractivity contribution in [3.8, 4) is 0 Å². The van der Waals surface area contributed by atoms with Crippen LogP contribution in [0.25, 0.3) is 0 Å². The molecule has 1 rings (SSSR count). The summed E-state index contributed by atoms with van der Waals surface area (Å²) >= 11 is 0. The van der Waals surface area contributed by atoms with Crippen LogP contribution >= 0.6 is 0 Å². The van der Waals surface area contributed by atoms with Crippen molar-refractivity contribution in [3.05, 3.63) is 30.3 Å². The van der Waals surface area contributed by atoms with Crippen LogP contribution in [0.15, 0.2) is 30.3 Å². The average molecular weight is 235 g/mol. The highest BCUT2D eigenvalue weighted by Gasteiger charge is 2.02. The van der Waals surface area contributed by atoms with Gasteiger partial charge in [-0.15, -0.1) is 0 Å². The van der Waals surface area contributed by atoms with Crippen LogP contribution in [0.4, 0.5) is 10.5 Å². The Hall–Kier alpha value is -1.71. The number of carbonyl (C=O) groups is 1. The first-order valence-electron chi connectivity index (χ1n) is 5.82. The van der Waals surface area contributed by atoms with E-state index in [-0.39, 0.29) is 6.03 Å². The van der Waals surface area contributed by atoms with Crippen molar-refractivity contribution in [3.63, 3.8) is 0 Å². The summed E-state index contributed by atoms with van der Waals surface area (Å²) in [6.45, 7) is 1.63. The topological polar surface area (TPSA) is 35.6 Å². The van der Waals surface area contributed by atoms with Crippen LogP contribution in [0.5, 0.6) is 0 Å². The standard InChI is InChI=1S/C13H21N3O/c1-15(2)13(17)14-10-7-11-16(3)12-8-5-4-6-9-12/h4-6,8-9H,7,10-11H2,1-3H3,(H,14,17). The van der Waals surface area contributed by atoms with Crippen LogP contribution in [0, 0.1) is 0 Å². The fraction of sp³-hybridized carbons (Fsp3) is 0.462. The third-order valence-electron chi connectivity index (χ3n) is 2.55. The van der Waals surface area contributed by atoms with E-state index in [0.717, 1.165) is 13.0 Å². The van der Waals surface area contributed by atoms with Crippen LogP contribution < -0.4 is 10.2 Å². The number of hydrogen-bond donors (Lipinski definition) is 1. The molecule has 0 heterocycles. The minimum absolute atomic E-state index is 0.0348. The number of nitrogens with one attached hydrogen (secondary N) is 1. The van der Waals surface area contributed by atoms with Gasteiger partial charge >= 0.3 is 6.03 Å². The molecule has 0 unspecified atom stereocenters. The molecule has 2 amide bonds. The van der Waals surface area contributed by atoms with Gasteiger partial charge in [-0.05, 0) is 18.6 Å². The van der Waals surface area contributed by atoms with Gasteiger partial charge in [-0.25, -0.2) is 4.79 Å². The summed E-state index contributed by atoms with van der Waals surface area (Å²) in [5, 5.41) is 2.85. The quantitative estimate of drug-likeness (QED) is 0.790. The SMILES string of the molecule is CN(C)C(=O)NCCCN(C)c1ccccc1. The molecule has 94 valence electrons. The molecule has 0 saturated heterocycles. The molecule has 1 N–H and O–H groups in total. The van der Waals surface area contributed by atoms with E-state index in [4.69, 9.17) is 0 Å². The van der Waals surface area contributed by atoms with Crippen LogP contribution in [-0.2, 0) is 0 Å². The van der Waals surface area contributed by atoms with Crippen molar-refractivity contribution in [2.24, 2.45) is 0 Å². The molecule has 4 nitrogen and oxygen atoms in total. The molecule has 0 fully saturated rings. The zero-order chi connectivity index (χ0) is 12.7. The lowest BCUT2D eigenvalue weighted by Gasteiger charge is -2.19. The van der Waals surface area contributed by atoms with E-state index < -0.39 is 0 Å². The molecule has 0 spiro atoms. The molecule has 0 aliphatic heterocycles. The summed E-state index contributed by atoms with van der Waals surface area (Å²) in [7, 11) is 5.54. The maximum atomic E-state index is 11.3. The second kappa shape index (κ2) is 6.78. The van der Waals surface area contributed by atoms with Gasteiger partial charge in [0.15, 0.2) is 0 Å². The first kappa shape index (κ1) is 13.4. The van der Waals surface area contributed by atoms with Gasteiger partial charge in [0.25, 0.3) is 0 Å². The average Bonchev–Trinajstić information content (AvgIpc) is 2.35. The zero-order valence-electron chi connectivity index (χ0n) is 10.8. The van der Waals surface area contributed by atoms with E-state index in [1.54, 1.807) is 19.0 Å². The fourth-order valence-electron chi connectivity index (χ4n) is 1.48. The number of carbonyl (C=O) groups excluding carboxylic acids is 1. The molecule has 0 atom stereocenters. The maximum absolute atomic E-state index is 11.3. The number of rotatable bonds is 5. The van der Waals surface area contributed by atoms with Gasteiger partial charge in [0, 0.05) is 39.9 Å². The number of nitrogens with zero attached hydrogens (tertiary/aromatic N) is 2. The van der Waals surface area contributed by atoms with Crippen LogP contribution in [0.3, 0.4) is 0 Å². The van der Waals surface area contributed by atoms with Crippen molar-refractivity contribution in [2.75, 3.05) is 39.1 Å². The third-order valence-corrected chi connectivity index (χ3v) is 2.55. The van der Waals surface area contributed by atoms with Crippen LogP contribution in [0.2, 0.25) is 0 Å². The summed E-state index contributed by atoms with van der Waals surface area (Å²) < 4.78 is 0. The molecule has 0 aromatic heterocycles. The number of amides is 2. The molecule has 0 radical (unpaired) electrons. The lowest BCUT2D eigenvalue weighted by atomic mass is 10.3. The lowest BCUT2D eigenvalue weighted by Crippen LogP contribution is -2.36. The van der Waals surface area contributed by atoms with Gasteiger partial charge in [-0.2, -0.15) is 0 Å². The molecular formula is C13H21N3O. The predicted molar refractivity (Wildman–Crippen MR) is 71.4 cm³/mol. The summed E-state index contributed by atoms with van der Waals surface area (Å²) in [6, 6.07) is 10.2. The van der Waals surface area contributed by atoms with E-state index in [2.05, 4.69) is 29.4 Å². The van der Waals surface area contributed by atoms with E-state index in [9.17, 15) is 4.79 Å². The zero-order valence-corrected chi connectivity index (χ0v) is 10.8. The van der Waals surface area contributed by atoms with Gasteiger partial charge in [-0.1, -0.05) is 18.2 Å². The second-order valence-corrected chi connectivity index (χ2v) is 4.24. The van der Waals surface area contributed by atoms with Gasteiger partial charge in [0.05, 0.1) is 0 Å². The highest BCUT2D eigenvalue weighted by atomic mass is 16.2. The summed E-state index contributed by atoms with van der Waals surface area (Å²) in [6.07, 6.45) is 0.935. The third kappa shape index (κ3) is 4.76. The van der Waals surface area contributed by atoms with Crippen molar-refractivity contribution in [1.82, 2.24) is 10.2 Å². The smallest absolute Gasteiger partial charge is 0.316 e. The minimum Gasteiger partial charge on any atom is -0.375 e. The minimum atomic E-state index is -0.0348. The van der Waals surface area contributed by atoms with Gasteiger partial charge < -0.3 is 15.1 Å². The van der Waals surface area contributed by atoms with Crippen molar-refractivity contribution >= 4 is 11.7 Å². The Labute approximate surface area is 103 Å². The van der Waals surface area contributed by atoms with E-state index in [1.165, 1.54) is 5.69 Å². The summed E-state index contributed by atoms with van der Waals surface area (Å²) in [5.41, 5.74) is 1.20. The number of para-hydroxylation sites is 1. The van der Waals surface area contributed by atoms with Crippen molar-refractivity contribution in [2.45, 2.75) is 6.42 Å². The van der Waals surface area contributed by atoms with Crippen LogP contribution in [-0.4, -0.2) is 45.2 Å². The van der Waals surface area contributed by atoms with E-state index in [0.29, 0.717) is 6.54 Å². The second-order valence-electron chi connectivity index (χ2n) is 4.24. The Balaban J connectivity index is 2.21. The highest BCUT2D eigenvalue weighted by Crippen LogP contribution is 2.10.